The number of aromatic nitrogens is 5. The third-order valence-electron chi connectivity index (χ3n) is 4.90. The van der Waals surface area contributed by atoms with Gasteiger partial charge in [-0.1, -0.05) is 0 Å². The average molecular weight is 351 g/mol. The maximum atomic E-state index is 10.6. The first kappa shape index (κ1) is 16.6. The van der Waals surface area contributed by atoms with E-state index in [1.807, 2.05) is 30.8 Å². The first-order chi connectivity index (χ1) is 12.5. The predicted molar refractivity (Wildman–Crippen MR) is 93.9 cm³/mol. The van der Waals surface area contributed by atoms with Crippen LogP contribution in [0.3, 0.4) is 0 Å². The van der Waals surface area contributed by atoms with Crippen LogP contribution in [-0.4, -0.2) is 41.1 Å². The second-order valence-electron chi connectivity index (χ2n) is 6.72. The third-order valence-corrected chi connectivity index (χ3v) is 4.90. The number of hydrogen-bond acceptors (Lipinski definition) is 5. The van der Waals surface area contributed by atoms with Gasteiger partial charge in [-0.2, -0.15) is 15.5 Å². The number of aromatic amines is 1. The highest BCUT2D eigenvalue weighted by Crippen LogP contribution is 2.24. The molecule has 0 aromatic carbocycles. The van der Waals surface area contributed by atoms with E-state index in [9.17, 15) is 5.11 Å². The fraction of sp³-hybridized carbons (Fsp3) is 0.389. The molecule has 134 valence electrons. The molecule has 8 nitrogen and oxygen atoms in total. The molecule has 4 rings (SSSR count). The first-order valence-electron chi connectivity index (χ1n) is 8.58. The minimum Gasteiger partial charge on any atom is -0.380 e. The summed E-state index contributed by atoms with van der Waals surface area (Å²) in [4.78, 5) is 5.59. The zero-order valence-electron chi connectivity index (χ0n) is 14.8. The Morgan fingerprint density at radius 3 is 2.92 bits per heavy atom. The summed E-state index contributed by atoms with van der Waals surface area (Å²) in [7, 11) is 1.81. The fourth-order valence-corrected chi connectivity index (χ4v) is 3.48. The fourth-order valence-electron chi connectivity index (χ4n) is 3.48. The molecule has 0 radical (unpaired) electrons. The molecule has 1 aliphatic rings. The summed E-state index contributed by atoms with van der Waals surface area (Å²) >= 11 is 0. The number of nitrogens with one attached hydrogen (secondary N) is 1. The van der Waals surface area contributed by atoms with Gasteiger partial charge in [0, 0.05) is 44.3 Å². The maximum Gasteiger partial charge on any atom is 0.139 e. The molecule has 1 atom stereocenters. The van der Waals surface area contributed by atoms with Crippen molar-refractivity contribution in [3.63, 3.8) is 0 Å². The summed E-state index contributed by atoms with van der Waals surface area (Å²) in [6.45, 7) is 5.08. The molecule has 0 amide bonds. The Kier molecular flexibility index (Phi) is 4.11. The summed E-state index contributed by atoms with van der Waals surface area (Å²) in [6, 6.07) is 7.88. The standard InChI is InChI=1S/C18H21N7O/c1-12-13(9-19)7-14(21-12)10-24-5-6-25-15(11-24)8-16(22-25)18(26)17-3-4-20-23(17)2/h3-4,7-8,18,21,26H,5-6,10-11H2,1-2H3/t18-/m0/s1. The van der Waals surface area contributed by atoms with Crippen LogP contribution in [0.5, 0.6) is 0 Å². The van der Waals surface area contributed by atoms with E-state index in [-0.39, 0.29) is 0 Å². The number of nitriles is 1. The van der Waals surface area contributed by atoms with E-state index < -0.39 is 6.10 Å². The van der Waals surface area contributed by atoms with Crippen molar-refractivity contribution in [2.75, 3.05) is 6.54 Å². The van der Waals surface area contributed by atoms with Crippen molar-refractivity contribution < 1.29 is 5.11 Å². The molecule has 3 aromatic heterocycles. The summed E-state index contributed by atoms with van der Waals surface area (Å²) < 4.78 is 3.63. The van der Waals surface area contributed by atoms with E-state index in [2.05, 4.69) is 26.2 Å². The van der Waals surface area contributed by atoms with Crippen LogP contribution < -0.4 is 0 Å². The summed E-state index contributed by atoms with van der Waals surface area (Å²) in [5, 5.41) is 28.4. The average Bonchev–Trinajstić information content (AvgIpc) is 3.32. The van der Waals surface area contributed by atoms with Crippen LogP contribution in [0.1, 0.15) is 40.1 Å². The van der Waals surface area contributed by atoms with Crippen molar-refractivity contribution in [2.45, 2.75) is 32.7 Å². The van der Waals surface area contributed by atoms with Crippen molar-refractivity contribution >= 4 is 0 Å². The maximum absolute atomic E-state index is 10.6. The van der Waals surface area contributed by atoms with E-state index in [4.69, 9.17) is 5.26 Å². The van der Waals surface area contributed by atoms with Gasteiger partial charge in [0.2, 0.25) is 0 Å². The number of aliphatic hydroxyl groups is 1. The molecule has 8 heteroatoms. The van der Waals surface area contributed by atoms with Gasteiger partial charge in [0.05, 0.1) is 29.2 Å². The quantitative estimate of drug-likeness (QED) is 0.736. The van der Waals surface area contributed by atoms with Crippen molar-refractivity contribution in [2.24, 2.45) is 7.05 Å². The zero-order chi connectivity index (χ0) is 18.3. The predicted octanol–water partition coefficient (Wildman–Crippen LogP) is 1.22. The van der Waals surface area contributed by atoms with Crippen LogP contribution in [0.4, 0.5) is 0 Å². The minimum absolute atomic E-state index is 0.646. The van der Waals surface area contributed by atoms with Crippen molar-refractivity contribution in [3.05, 3.63) is 58.4 Å². The molecule has 0 aliphatic carbocycles. The second-order valence-corrected chi connectivity index (χ2v) is 6.72. The Bertz CT molecular complexity index is 974. The SMILES string of the molecule is Cc1[nH]c(CN2CCn3nc([C@H](O)c4ccnn4C)cc3C2)cc1C#N. The highest BCUT2D eigenvalue weighted by molar-refractivity contribution is 5.36. The van der Waals surface area contributed by atoms with Crippen LogP contribution in [0.25, 0.3) is 0 Å². The van der Waals surface area contributed by atoms with Gasteiger partial charge in [-0.15, -0.1) is 0 Å². The summed E-state index contributed by atoms with van der Waals surface area (Å²) in [6.07, 6.45) is 0.891. The van der Waals surface area contributed by atoms with E-state index >= 15 is 0 Å². The third kappa shape index (κ3) is 2.92. The molecule has 4 heterocycles. The van der Waals surface area contributed by atoms with Gasteiger partial charge in [-0.25, -0.2) is 0 Å². The van der Waals surface area contributed by atoms with Gasteiger partial charge < -0.3 is 10.1 Å². The van der Waals surface area contributed by atoms with Gasteiger partial charge in [0.15, 0.2) is 0 Å². The Morgan fingerprint density at radius 1 is 1.38 bits per heavy atom. The zero-order valence-corrected chi connectivity index (χ0v) is 14.8. The van der Waals surface area contributed by atoms with Crippen molar-refractivity contribution in [1.29, 1.82) is 5.26 Å². The van der Waals surface area contributed by atoms with Gasteiger partial charge in [-0.3, -0.25) is 14.3 Å². The minimum atomic E-state index is -0.779. The van der Waals surface area contributed by atoms with Gasteiger partial charge in [0.25, 0.3) is 0 Å². The van der Waals surface area contributed by atoms with E-state index in [1.165, 1.54) is 0 Å². The molecule has 0 spiro atoms. The van der Waals surface area contributed by atoms with Gasteiger partial charge in [0.1, 0.15) is 12.2 Å². The van der Waals surface area contributed by atoms with Crippen LogP contribution >= 0.6 is 0 Å². The number of H-pyrrole nitrogens is 1. The lowest BCUT2D eigenvalue weighted by Crippen LogP contribution is -2.33. The van der Waals surface area contributed by atoms with Crippen LogP contribution in [-0.2, 0) is 26.7 Å². The van der Waals surface area contributed by atoms with Crippen molar-refractivity contribution in [3.8, 4) is 6.07 Å². The smallest absolute Gasteiger partial charge is 0.139 e. The molecule has 26 heavy (non-hydrogen) atoms. The number of aryl methyl sites for hydroxylation is 2. The van der Waals surface area contributed by atoms with Crippen LogP contribution in [0.2, 0.25) is 0 Å². The molecule has 0 bridgehead atoms. The number of hydrogen-bond donors (Lipinski definition) is 2. The number of aliphatic hydroxyl groups excluding tert-OH is 1. The molecular formula is C18H21N7O. The first-order valence-corrected chi connectivity index (χ1v) is 8.58. The van der Waals surface area contributed by atoms with Crippen molar-refractivity contribution in [1.82, 2.24) is 29.4 Å². The number of nitrogens with zero attached hydrogens (tertiary/aromatic N) is 6. The Balaban J connectivity index is 1.50. The normalized spacial score (nSPS) is 15.6. The Labute approximate surface area is 151 Å². The molecule has 0 fully saturated rings. The molecule has 0 unspecified atom stereocenters. The highest BCUT2D eigenvalue weighted by atomic mass is 16.3. The molecule has 0 saturated carbocycles. The molecule has 3 aromatic rings. The van der Waals surface area contributed by atoms with Gasteiger partial charge in [-0.05, 0) is 25.1 Å². The molecule has 0 saturated heterocycles. The number of rotatable bonds is 4. The van der Waals surface area contributed by atoms with E-state index in [0.29, 0.717) is 11.3 Å². The topological polar surface area (TPSA) is 98.7 Å². The van der Waals surface area contributed by atoms with Crippen LogP contribution in [0.15, 0.2) is 24.4 Å². The summed E-state index contributed by atoms with van der Waals surface area (Å²) in [5.41, 5.74) is 5.10. The molecule has 1 aliphatic heterocycles. The Morgan fingerprint density at radius 2 is 2.23 bits per heavy atom. The number of fused-ring (bicyclic) bond motifs is 1. The Hall–Kier alpha value is -2.89. The summed E-state index contributed by atoms with van der Waals surface area (Å²) in [5.74, 6) is 0. The lowest BCUT2D eigenvalue weighted by molar-refractivity contribution is 0.195. The lowest BCUT2D eigenvalue weighted by Gasteiger charge is -2.26. The largest absolute Gasteiger partial charge is 0.380 e. The van der Waals surface area contributed by atoms with E-state index in [1.54, 1.807) is 16.9 Å². The molecular weight excluding hydrogens is 330 g/mol. The highest BCUT2D eigenvalue weighted by Gasteiger charge is 2.23. The van der Waals surface area contributed by atoms with Gasteiger partial charge >= 0.3 is 0 Å². The second kappa shape index (κ2) is 6.44. The monoisotopic (exact) mass is 351 g/mol. The lowest BCUT2D eigenvalue weighted by atomic mass is 10.1. The molecule has 2 N–H and O–H groups in total. The van der Waals surface area contributed by atoms with Crippen LogP contribution in [0, 0.1) is 18.3 Å². The van der Waals surface area contributed by atoms with E-state index in [0.717, 1.165) is 49.0 Å².